The van der Waals surface area contributed by atoms with E-state index in [1.54, 1.807) is 12.1 Å². The van der Waals surface area contributed by atoms with Crippen LogP contribution in [0.4, 0.5) is 4.39 Å². The average Bonchev–Trinajstić information content (AvgIpc) is 2.38. The minimum absolute atomic E-state index is 0.188. The molecule has 0 spiro atoms. The highest BCUT2D eigenvalue weighted by Crippen LogP contribution is 2.21. The standard InChI is InChI=1S/C14H21FN2S/c1-11-10-18-9-8-17(11)7-6-14(16)12-4-2-3-5-13(12)15/h2-5,11,14H,6-10,16H2,1H3. The number of nitrogens with two attached hydrogens (primary N) is 1. The van der Waals surface area contributed by atoms with Gasteiger partial charge in [-0.15, -0.1) is 0 Å². The minimum Gasteiger partial charge on any atom is -0.324 e. The maximum Gasteiger partial charge on any atom is 0.127 e. The van der Waals surface area contributed by atoms with Crippen LogP contribution in [0, 0.1) is 5.82 Å². The van der Waals surface area contributed by atoms with Crippen LogP contribution in [0.25, 0.3) is 0 Å². The zero-order valence-electron chi connectivity index (χ0n) is 10.8. The van der Waals surface area contributed by atoms with Crippen molar-refractivity contribution in [3.05, 3.63) is 35.6 Å². The first-order valence-corrected chi connectivity index (χ1v) is 7.65. The van der Waals surface area contributed by atoms with E-state index in [1.807, 2.05) is 17.8 Å². The van der Waals surface area contributed by atoms with Crippen LogP contribution in [0.15, 0.2) is 24.3 Å². The summed E-state index contributed by atoms with van der Waals surface area (Å²) in [5.74, 6) is 2.20. The lowest BCUT2D eigenvalue weighted by Crippen LogP contribution is -2.41. The third kappa shape index (κ3) is 3.46. The highest BCUT2D eigenvalue weighted by Gasteiger charge is 2.19. The number of nitrogens with zero attached hydrogens (tertiary/aromatic N) is 1. The topological polar surface area (TPSA) is 29.3 Å². The predicted octanol–water partition coefficient (Wildman–Crippen LogP) is 2.65. The second-order valence-corrected chi connectivity index (χ2v) is 6.03. The Kier molecular flexibility index (Phi) is 5.03. The van der Waals surface area contributed by atoms with Gasteiger partial charge >= 0.3 is 0 Å². The van der Waals surface area contributed by atoms with Gasteiger partial charge < -0.3 is 5.73 Å². The summed E-state index contributed by atoms with van der Waals surface area (Å²) < 4.78 is 13.6. The summed E-state index contributed by atoms with van der Waals surface area (Å²) in [6.45, 7) is 4.33. The number of halogens is 1. The third-order valence-electron chi connectivity index (χ3n) is 3.54. The van der Waals surface area contributed by atoms with Gasteiger partial charge in [0.2, 0.25) is 0 Å². The maximum atomic E-state index is 13.6. The van der Waals surface area contributed by atoms with Crippen molar-refractivity contribution in [2.45, 2.75) is 25.4 Å². The van der Waals surface area contributed by atoms with Crippen LogP contribution >= 0.6 is 11.8 Å². The summed E-state index contributed by atoms with van der Waals surface area (Å²) in [7, 11) is 0. The summed E-state index contributed by atoms with van der Waals surface area (Å²) in [5.41, 5.74) is 6.72. The molecule has 18 heavy (non-hydrogen) atoms. The van der Waals surface area contributed by atoms with E-state index in [1.165, 1.54) is 17.6 Å². The van der Waals surface area contributed by atoms with Crippen molar-refractivity contribution >= 4 is 11.8 Å². The van der Waals surface area contributed by atoms with Gasteiger partial charge in [0, 0.05) is 42.2 Å². The van der Waals surface area contributed by atoms with Crippen LogP contribution in [-0.4, -0.2) is 35.5 Å². The first kappa shape index (κ1) is 13.8. The van der Waals surface area contributed by atoms with E-state index < -0.39 is 0 Å². The molecule has 2 N–H and O–H groups in total. The van der Waals surface area contributed by atoms with Gasteiger partial charge in [-0.05, 0) is 19.4 Å². The second-order valence-electron chi connectivity index (χ2n) is 4.88. The molecule has 1 fully saturated rings. The van der Waals surface area contributed by atoms with Crippen molar-refractivity contribution < 1.29 is 4.39 Å². The molecule has 2 atom stereocenters. The normalized spacial score (nSPS) is 22.9. The lowest BCUT2D eigenvalue weighted by atomic mass is 10.0. The molecule has 2 nitrogen and oxygen atoms in total. The summed E-state index contributed by atoms with van der Waals surface area (Å²) in [6, 6.07) is 7.23. The summed E-state index contributed by atoms with van der Waals surface area (Å²) in [4.78, 5) is 2.46. The Balaban J connectivity index is 1.88. The van der Waals surface area contributed by atoms with Crippen LogP contribution in [-0.2, 0) is 0 Å². The monoisotopic (exact) mass is 268 g/mol. The summed E-state index contributed by atoms with van der Waals surface area (Å²) >= 11 is 2.01. The van der Waals surface area contributed by atoms with Crippen LogP contribution in [0.5, 0.6) is 0 Å². The van der Waals surface area contributed by atoms with E-state index in [0.29, 0.717) is 11.6 Å². The Hall–Kier alpha value is -0.580. The number of hydrogen-bond donors (Lipinski definition) is 1. The van der Waals surface area contributed by atoms with Crippen molar-refractivity contribution in [1.29, 1.82) is 0 Å². The fraction of sp³-hybridized carbons (Fsp3) is 0.571. The van der Waals surface area contributed by atoms with Crippen LogP contribution in [0.2, 0.25) is 0 Å². The number of thioether (sulfide) groups is 1. The van der Waals surface area contributed by atoms with Crippen LogP contribution in [0.3, 0.4) is 0 Å². The number of hydrogen-bond acceptors (Lipinski definition) is 3. The number of rotatable bonds is 4. The summed E-state index contributed by atoms with van der Waals surface area (Å²) in [6.07, 6.45) is 0.815. The maximum absolute atomic E-state index is 13.6. The average molecular weight is 268 g/mol. The Morgan fingerprint density at radius 3 is 3.00 bits per heavy atom. The lowest BCUT2D eigenvalue weighted by molar-refractivity contribution is 0.224. The minimum atomic E-state index is -0.201. The van der Waals surface area contributed by atoms with Crippen molar-refractivity contribution in [3.63, 3.8) is 0 Å². The van der Waals surface area contributed by atoms with E-state index in [9.17, 15) is 4.39 Å². The molecule has 4 heteroatoms. The largest absolute Gasteiger partial charge is 0.324 e. The highest BCUT2D eigenvalue weighted by molar-refractivity contribution is 7.99. The zero-order chi connectivity index (χ0) is 13.0. The van der Waals surface area contributed by atoms with Gasteiger partial charge in [0.15, 0.2) is 0 Å². The van der Waals surface area contributed by atoms with E-state index in [4.69, 9.17) is 5.73 Å². The Labute approximate surface area is 113 Å². The van der Waals surface area contributed by atoms with Crippen molar-refractivity contribution in [2.24, 2.45) is 5.73 Å². The fourth-order valence-electron chi connectivity index (χ4n) is 2.33. The van der Waals surface area contributed by atoms with Gasteiger partial charge in [0.05, 0.1) is 0 Å². The molecule has 1 aliphatic rings. The van der Waals surface area contributed by atoms with Gasteiger partial charge in [-0.25, -0.2) is 4.39 Å². The van der Waals surface area contributed by atoms with E-state index >= 15 is 0 Å². The first-order valence-electron chi connectivity index (χ1n) is 6.50. The molecular formula is C14H21FN2S. The molecule has 2 unspecified atom stereocenters. The van der Waals surface area contributed by atoms with Gasteiger partial charge in [-0.2, -0.15) is 11.8 Å². The molecule has 100 valence electrons. The predicted molar refractivity (Wildman–Crippen MR) is 76.3 cm³/mol. The zero-order valence-corrected chi connectivity index (χ0v) is 11.6. The quantitative estimate of drug-likeness (QED) is 0.910. The molecule has 1 heterocycles. The van der Waals surface area contributed by atoms with Gasteiger partial charge in [-0.3, -0.25) is 4.90 Å². The SMILES string of the molecule is CC1CSCCN1CCC(N)c1ccccc1F. The molecule has 1 aromatic carbocycles. The molecule has 0 saturated carbocycles. The van der Waals surface area contributed by atoms with Crippen molar-refractivity contribution in [3.8, 4) is 0 Å². The van der Waals surface area contributed by atoms with Gasteiger partial charge in [-0.1, -0.05) is 18.2 Å². The second kappa shape index (κ2) is 6.55. The molecule has 1 aromatic rings. The summed E-state index contributed by atoms with van der Waals surface area (Å²) in [5, 5.41) is 0. The molecule has 1 saturated heterocycles. The van der Waals surface area contributed by atoms with E-state index in [2.05, 4.69) is 11.8 Å². The van der Waals surface area contributed by atoms with Crippen LogP contribution < -0.4 is 5.73 Å². The molecular weight excluding hydrogens is 247 g/mol. The first-order chi connectivity index (χ1) is 8.68. The lowest BCUT2D eigenvalue weighted by Gasteiger charge is -2.33. The Morgan fingerprint density at radius 1 is 1.50 bits per heavy atom. The Morgan fingerprint density at radius 2 is 2.28 bits per heavy atom. The van der Waals surface area contributed by atoms with E-state index in [-0.39, 0.29) is 11.9 Å². The molecule has 0 amide bonds. The van der Waals surface area contributed by atoms with Gasteiger partial charge in [0.25, 0.3) is 0 Å². The van der Waals surface area contributed by atoms with Crippen molar-refractivity contribution in [2.75, 3.05) is 24.6 Å². The molecule has 0 aromatic heterocycles. The number of benzene rings is 1. The smallest absolute Gasteiger partial charge is 0.127 e. The van der Waals surface area contributed by atoms with Crippen molar-refractivity contribution in [1.82, 2.24) is 4.90 Å². The molecule has 1 aliphatic heterocycles. The molecule has 0 bridgehead atoms. The molecule has 0 aliphatic carbocycles. The molecule has 0 radical (unpaired) electrons. The fourth-order valence-corrected chi connectivity index (χ4v) is 3.41. The van der Waals surface area contributed by atoms with Gasteiger partial charge in [0.1, 0.15) is 5.82 Å². The molecule has 2 rings (SSSR count). The van der Waals surface area contributed by atoms with Crippen LogP contribution in [0.1, 0.15) is 24.9 Å². The Bertz CT molecular complexity index is 386. The third-order valence-corrected chi connectivity index (χ3v) is 4.73. The highest BCUT2D eigenvalue weighted by atomic mass is 32.2. The van der Waals surface area contributed by atoms with E-state index in [0.717, 1.165) is 19.5 Å².